The molecule has 0 aliphatic heterocycles. The van der Waals surface area contributed by atoms with Gasteiger partial charge in [-0.25, -0.2) is 9.97 Å². The molecule has 9 nitrogen and oxygen atoms in total. The van der Waals surface area contributed by atoms with Gasteiger partial charge in [0.1, 0.15) is 17.9 Å². The van der Waals surface area contributed by atoms with Crippen molar-refractivity contribution in [1.82, 2.24) is 14.5 Å². The Kier molecular flexibility index (Phi) is 5.74. The van der Waals surface area contributed by atoms with Crippen LogP contribution >= 0.6 is 7.60 Å². The van der Waals surface area contributed by atoms with Crippen molar-refractivity contribution in [2.45, 2.75) is 39.0 Å². The van der Waals surface area contributed by atoms with E-state index in [9.17, 15) is 9.67 Å². The minimum atomic E-state index is -4.03. The summed E-state index contributed by atoms with van der Waals surface area (Å²) in [7, 11) is -4.03. The molecule has 2 aromatic heterocycles. The SMILES string of the molecule is CC(C)(O)Cn1c(COCCCP(=O)(O)O)nc2c(N)nc3ccccc3c21. The number of pyridine rings is 1. The van der Waals surface area contributed by atoms with Crippen LogP contribution < -0.4 is 5.73 Å². The third kappa shape index (κ3) is 4.87. The highest BCUT2D eigenvalue weighted by molar-refractivity contribution is 7.51. The Morgan fingerprint density at radius 1 is 1.25 bits per heavy atom. The lowest BCUT2D eigenvalue weighted by atomic mass is 10.1. The molecule has 0 aliphatic carbocycles. The van der Waals surface area contributed by atoms with E-state index in [1.165, 1.54) is 0 Å². The molecule has 0 spiro atoms. The molecule has 0 bridgehead atoms. The van der Waals surface area contributed by atoms with Gasteiger partial charge in [-0.05, 0) is 26.3 Å². The molecule has 2 heterocycles. The third-order valence-electron chi connectivity index (χ3n) is 4.20. The van der Waals surface area contributed by atoms with Crippen LogP contribution in [0, 0.1) is 0 Å². The van der Waals surface area contributed by atoms with Crippen LogP contribution in [-0.2, 0) is 22.5 Å². The van der Waals surface area contributed by atoms with Crippen LogP contribution in [0.15, 0.2) is 24.3 Å². The smallest absolute Gasteiger partial charge is 0.325 e. The summed E-state index contributed by atoms with van der Waals surface area (Å²) in [6, 6.07) is 7.57. The molecule has 152 valence electrons. The molecule has 0 fully saturated rings. The zero-order chi connectivity index (χ0) is 20.5. The van der Waals surface area contributed by atoms with Gasteiger partial charge in [-0.3, -0.25) is 4.57 Å². The van der Waals surface area contributed by atoms with Gasteiger partial charge in [0, 0.05) is 12.0 Å². The second-order valence-corrected chi connectivity index (χ2v) is 9.21. The fourth-order valence-corrected chi connectivity index (χ4v) is 3.65. The van der Waals surface area contributed by atoms with Gasteiger partial charge in [-0.1, -0.05) is 18.2 Å². The number of rotatable bonds is 8. The van der Waals surface area contributed by atoms with Crippen molar-refractivity contribution in [3.8, 4) is 0 Å². The first-order chi connectivity index (χ1) is 13.1. The molecular weight excluding hydrogens is 383 g/mol. The van der Waals surface area contributed by atoms with Gasteiger partial charge in [0.15, 0.2) is 5.82 Å². The Morgan fingerprint density at radius 2 is 1.96 bits per heavy atom. The molecule has 0 amide bonds. The maximum absolute atomic E-state index is 10.9. The number of nitrogen functional groups attached to an aromatic ring is 1. The van der Waals surface area contributed by atoms with Crippen LogP contribution in [0.1, 0.15) is 26.1 Å². The van der Waals surface area contributed by atoms with Crippen molar-refractivity contribution in [3.63, 3.8) is 0 Å². The lowest BCUT2D eigenvalue weighted by Gasteiger charge is -2.20. The Morgan fingerprint density at radius 3 is 2.64 bits per heavy atom. The summed E-state index contributed by atoms with van der Waals surface area (Å²) in [6.45, 7) is 4.00. The number of nitrogens with zero attached hydrogens (tertiary/aromatic N) is 3. The van der Waals surface area contributed by atoms with Crippen LogP contribution in [0.5, 0.6) is 0 Å². The highest BCUT2D eigenvalue weighted by Crippen LogP contribution is 2.35. The van der Waals surface area contributed by atoms with Gasteiger partial charge in [0.2, 0.25) is 0 Å². The summed E-state index contributed by atoms with van der Waals surface area (Å²) in [5.74, 6) is 0.865. The number of hydrogen-bond donors (Lipinski definition) is 4. The van der Waals surface area contributed by atoms with Gasteiger partial charge >= 0.3 is 7.60 Å². The number of ether oxygens (including phenoxy) is 1. The molecule has 1 aromatic carbocycles. The van der Waals surface area contributed by atoms with E-state index in [-0.39, 0.29) is 32.3 Å². The van der Waals surface area contributed by atoms with E-state index in [0.717, 1.165) is 16.4 Å². The van der Waals surface area contributed by atoms with Crippen molar-refractivity contribution >= 4 is 35.3 Å². The number of fused-ring (bicyclic) bond motifs is 3. The molecule has 0 radical (unpaired) electrons. The van der Waals surface area contributed by atoms with Crippen LogP contribution in [0.25, 0.3) is 21.9 Å². The predicted molar refractivity (Wildman–Crippen MR) is 107 cm³/mol. The Balaban J connectivity index is 1.97. The molecule has 5 N–H and O–H groups in total. The van der Waals surface area contributed by atoms with Crippen molar-refractivity contribution < 1.29 is 24.2 Å². The third-order valence-corrected chi connectivity index (χ3v) is 5.10. The number of aromatic nitrogens is 3. The Bertz CT molecular complexity index is 1040. The maximum Gasteiger partial charge on any atom is 0.325 e. The first-order valence-electron chi connectivity index (χ1n) is 8.93. The molecule has 0 unspecified atom stereocenters. The van der Waals surface area contributed by atoms with Crippen LogP contribution in [0.2, 0.25) is 0 Å². The van der Waals surface area contributed by atoms with Crippen LogP contribution in [0.4, 0.5) is 5.82 Å². The van der Waals surface area contributed by atoms with Gasteiger partial charge < -0.3 is 29.9 Å². The van der Waals surface area contributed by atoms with Gasteiger partial charge in [-0.2, -0.15) is 0 Å². The minimum absolute atomic E-state index is 0.125. The molecule has 28 heavy (non-hydrogen) atoms. The zero-order valence-electron chi connectivity index (χ0n) is 15.9. The Labute approximate surface area is 162 Å². The van der Waals surface area contributed by atoms with Crippen LogP contribution in [-0.4, -0.2) is 47.8 Å². The highest BCUT2D eigenvalue weighted by Gasteiger charge is 2.22. The number of benzene rings is 1. The number of aliphatic hydroxyl groups is 1. The fraction of sp³-hybridized carbons (Fsp3) is 0.444. The second-order valence-electron chi connectivity index (χ2n) is 7.43. The number of para-hydroxylation sites is 1. The average Bonchev–Trinajstić information content (AvgIpc) is 2.91. The minimum Gasteiger partial charge on any atom is -0.389 e. The van der Waals surface area contributed by atoms with E-state index in [1.54, 1.807) is 13.8 Å². The molecule has 3 rings (SSSR count). The van der Waals surface area contributed by atoms with Crippen molar-refractivity contribution in [2.24, 2.45) is 0 Å². The normalized spacial score (nSPS) is 12.9. The first kappa shape index (κ1) is 20.7. The first-order valence-corrected chi connectivity index (χ1v) is 10.7. The Hall–Kier alpha value is -2.03. The topological polar surface area (TPSA) is 144 Å². The standard InChI is InChI=1S/C18H25N4O5P/c1-18(2,23)11-22-14(10-27-8-5-9-28(24,25)26)21-15-16(22)12-6-3-4-7-13(12)20-17(15)19/h3-4,6-7,23H,5,8-11H2,1-2H3,(H2,19,20)(H2,24,25,26). The van der Waals surface area contributed by atoms with Crippen molar-refractivity contribution in [1.29, 1.82) is 0 Å². The quantitative estimate of drug-likeness (QED) is 0.327. The molecule has 10 heteroatoms. The lowest BCUT2D eigenvalue weighted by Crippen LogP contribution is -2.27. The van der Waals surface area contributed by atoms with E-state index >= 15 is 0 Å². The molecular formula is C18H25N4O5P. The predicted octanol–water partition coefficient (Wildman–Crippen LogP) is 2.02. The molecule has 0 atom stereocenters. The summed E-state index contributed by atoms with van der Waals surface area (Å²) in [4.78, 5) is 26.8. The zero-order valence-corrected chi connectivity index (χ0v) is 16.8. The second kappa shape index (κ2) is 7.77. The number of imidazole rings is 1. The molecule has 0 aliphatic rings. The van der Waals surface area contributed by atoms with Crippen molar-refractivity contribution in [3.05, 3.63) is 30.1 Å². The van der Waals surface area contributed by atoms with E-state index < -0.39 is 13.2 Å². The van der Waals surface area contributed by atoms with Crippen LogP contribution in [0.3, 0.4) is 0 Å². The summed E-state index contributed by atoms with van der Waals surface area (Å²) in [6.07, 6.45) is 0.0111. The summed E-state index contributed by atoms with van der Waals surface area (Å²) in [5, 5.41) is 11.3. The van der Waals surface area contributed by atoms with E-state index in [0.29, 0.717) is 17.2 Å². The summed E-state index contributed by atoms with van der Waals surface area (Å²) >= 11 is 0. The van der Waals surface area contributed by atoms with Gasteiger partial charge in [0.05, 0.1) is 29.3 Å². The monoisotopic (exact) mass is 408 g/mol. The number of anilines is 1. The van der Waals surface area contributed by atoms with E-state index in [1.807, 2.05) is 28.8 Å². The van der Waals surface area contributed by atoms with Gasteiger partial charge in [-0.15, -0.1) is 0 Å². The number of hydrogen-bond acceptors (Lipinski definition) is 6. The van der Waals surface area contributed by atoms with Gasteiger partial charge in [0.25, 0.3) is 0 Å². The molecule has 0 saturated carbocycles. The average molecular weight is 408 g/mol. The lowest BCUT2D eigenvalue weighted by molar-refractivity contribution is 0.0575. The highest BCUT2D eigenvalue weighted by atomic mass is 31.2. The summed E-state index contributed by atoms with van der Waals surface area (Å²) in [5.41, 5.74) is 7.17. The number of nitrogens with two attached hydrogens (primary N) is 1. The molecule has 3 aromatic rings. The largest absolute Gasteiger partial charge is 0.389 e. The molecule has 0 saturated heterocycles. The van der Waals surface area contributed by atoms with E-state index in [4.69, 9.17) is 20.3 Å². The van der Waals surface area contributed by atoms with Crippen molar-refractivity contribution in [2.75, 3.05) is 18.5 Å². The van der Waals surface area contributed by atoms with E-state index in [2.05, 4.69) is 9.97 Å². The fourth-order valence-electron chi connectivity index (χ4n) is 3.11. The maximum atomic E-state index is 10.9. The summed E-state index contributed by atoms with van der Waals surface area (Å²) < 4.78 is 18.4.